The van der Waals surface area contributed by atoms with E-state index in [-0.39, 0.29) is 5.65 Å². The molecular weight excluding hydrogens is 257 g/mol. The summed E-state index contributed by atoms with van der Waals surface area (Å²) in [6, 6.07) is 1.34. The van der Waals surface area contributed by atoms with Gasteiger partial charge in [-0.2, -0.15) is 18.3 Å². The molecule has 0 saturated carbocycles. The fourth-order valence-corrected chi connectivity index (χ4v) is 2.37. The largest absolute Gasteiger partial charge is 0.435 e. The molecule has 1 fully saturated rings. The van der Waals surface area contributed by atoms with Crippen molar-refractivity contribution in [2.24, 2.45) is 0 Å². The molecule has 19 heavy (non-hydrogen) atoms. The van der Waals surface area contributed by atoms with Crippen molar-refractivity contribution in [1.29, 1.82) is 0 Å². The Kier molecular flexibility index (Phi) is 2.93. The van der Waals surface area contributed by atoms with Crippen molar-refractivity contribution >= 4 is 5.65 Å². The zero-order valence-corrected chi connectivity index (χ0v) is 10.1. The summed E-state index contributed by atoms with van der Waals surface area (Å²) < 4.78 is 38.8. The van der Waals surface area contributed by atoms with Crippen LogP contribution in [0.15, 0.2) is 18.5 Å². The molecule has 1 atom stereocenters. The number of nitrogens with one attached hydrogen (secondary N) is 1. The molecule has 2 aromatic heterocycles. The van der Waals surface area contributed by atoms with Crippen LogP contribution in [0.25, 0.3) is 5.65 Å². The fraction of sp³-hybridized carbons (Fsp3) is 0.500. The summed E-state index contributed by atoms with van der Waals surface area (Å²) in [7, 11) is 0. The van der Waals surface area contributed by atoms with E-state index in [1.165, 1.54) is 4.52 Å². The van der Waals surface area contributed by atoms with Gasteiger partial charge >= 0.3 is 6.18 Å². The molecule has 0 amide bonds. The van der Waals surface area contributed by atoms with Crippen molar-refractivity contribution in [2.45, 2.75) is 31.5 Å². The first-order valence-corrected chi connectivity index (χ1v) is 6.17. The van der Waals surface area contributed by atoms with Gasteiger partial charge in [-0.05, 0) is 31.4 Å². The molecule has 0 aliphatic carbocycles. The van der Waals surface area contributed by atoms with Crippen LogP contribution in [-0.4, -0.2) is 27.2 Å². The molecular formula is C12H13F3N4. The molecule has 7 heteroatoms. The van der Waals surface area contributed by atoms with Crippen molar-refractivity contribution < 1.29 is 13.2 Å². The summed E-state index contributed by atoms with van der Waals surface area (Å²) in [4.78, 5) is 4.03. The van der Waals surface area contributed by atoms with Gasteiger partial charge in [0.15, 0.2) is 11.3 Å². The second-order valence-corrected chi connectivity index (χ2v) is 4.79. The van der Waals surface area contributed by atoms with Gasteiger partial charge in [-0.15, -0.1) is 0 Å². The Labute approximate surface area is 107 Å². The predicted octanol–water partition coefficient (Wildman–Crippen LogP) is 2.04. The standard InChI is InChI=1S/C12H13F3N4/c13-12(14,15)10-5-11-17-6-8(7-19(11)18-10)4-9-2-1-3-16-9/h5-7,9,16H,1-4H2. The number of nitrogens with zero attached hydrogens (tertiary/aromatic N) is 3. The highest BCUT2D eigenvalue weighted by atomic mass is 19.4. The lowest BCUT2D eigenvalue weighted by atomic mass is 10.1. The van der Waals surface area contributed by atoms with E-state index in [9.17, 15) is 13.2 Å². The fourth-order valence-electron chi connectivity index (χ4n) is 2.37. The number of fused-ring (bicyclic) bond motifs is 1. The predicted molar refractivity (Wildman–Crippen MR) is 62.7 cm³/mol. The number of rotatable bonds is 2. The van der Waals surface area contributed by atoms with Crippen LogP contribution >= 0.6 is 0 Å². The maximum Gasteiger partial charge on any atom is 0.435 e. The topological polar surface area (TPSA) is 42.2 Å². The zero-order valence-electron chi connectivity index (χ0n) is 10.1. The van der Waals surface area contributed by atoms with Crippen LogP contribution in [0.1, 0.15) is 24.1 Å². The Balaban J connectivity index is 1.87. The average molecular weight is 270 g/mol. The van der Waals surface area contributed by atoms with E-state index in [1.807, 2.05) is 0 Å². The Morgan fingerprint density at radius 1 is 1.42 bits per heavy atom. The minimum absolute atomic E-state index is 0.218. The molecule has 102 valence electrons. The van der Waals surface area contributed by atoms with Crippen molar-refractivity contribution in [2.75, 3.05) is 6.54 Å². The van der Waals surface area contributed by atoms with Crippen molar-refractivity contribution in [3.63, 3.8) is 0 Å². The van der Waals surface area contributed by atoms with Crippen LogP contribution < -0.4 is 5.32 Å². The molecule has 1 N–H and O–H groups in total. The second kappa shape index (κ2) is 4.48. The normalized spacial score (nSPS) is 20.3. The highest BCUT2D eigenvalue weighted by Crippen LogP contribution is 2.28. The summed E-state index contributed by atoms with van der Waals surface area (Å²) in [5.74, 6) is 0. The van der Waals surface area contributed by atoms with Crippen molar-refractivity contribution in [3.05, 3.63) is 29.7 Å². The van der Waals surface area contributed by atoms with Gasteiger partial charge in [0.2, 0.25) is 0 Å². The second-order valence-electron chi connectivity index (χ2n) is 4.79. The van der Waals surface area contributed by atoms with Gasteiger partial charge in [0.1, 0.15) is 0 Å². The first-order chi connectivity index (χ1) is 9.02. The number of alkyl halides is 3. The van der Waals surface area contributed by atoms with Crippen LogP contribution in [-0.2, 0) is 12.6 Å². The number of aromatic nitrogens is 3. The Morgan fingerprint density at radius 3 is 2.95 bits per heavy atom. The molecule has 1 aliphatic heterocycles. The van der Waals surface area contributed by atoms with Crippen molar-refractivity contribution in [1.82, 2.24) is 19.9 Å². The molecule has 2 aromatic rings. The van der Waals surface area contributed by atoms with Gasteiger partial charge in [-0.25, -0.2) is 9.50 Å². The third-order valence-corrected chi connectivity index (χ3v) is 3.30. The molecule has 0 spiro atoms. The molecule has 1 aliphatic rings. The highest BCUT2D eigenvalue weighted by molar-refractivity contribution is 5.40. The Hall–Kier alpha value is -1.63. The molecule has 0 aromatic carbocycles. The third kappa shape index (κ3) is 2.56. The smallest absolute Gasteiger partial charge is 0.314 e. The molecule has 4 nitrogen and oxygen atoms in total. The van der Waals surface area contributed by atoms with E-state index in [0.717, 1.165) is 37.4 Å². The molecule has 0 radical (unpaired) electrons. The van der Waals surface area contributed by atoms with Crippen LogP contribution in [0.3, 0.4) is 0 Å². The van der Waals surface area contributed by atoms with Crippen LogP contribution in [0, 0.1) is 0 Å². The first kappa shape index (κ1) is 12.4. The van der Waals surface area contributed by atoms with E-state index >= 15 is 0 Å². The summed E-state index contributed by atoms with van der Waals surface area (Å²) in [6.07, 6.45) is 1.81. The van der Waals surface area contributed by atoms with Gasteiger partial charge in [0.05, 0.1) is 0 Å². The SMILES string of the molecule is FC(F)(F)c1cc2ncc(CC3CCCN3)cn2n1. The van der Waals surface area contributed by atoms with E-state index in [1.54, 1.807) is 12.4 Å². The Bertz CT molecular complexity index is 584. The summed E-state index contributed by atoms with van der Waals surface area (Å²) >= 11 is 0. The maximum atomic E-state index is 12.5. The summed E-state index contributed by atoms with van der Waals surface area (Å²) in [5.41, 5.74) is 0.204. The third-order valence-electron chi connectivity index (χ3n) is 3.30. The first-order valence-electron chi connectivity index (χ1n) is 6.17. The lowest BCUT2D eigenvalue weighted by molar-refractivity contribution is -0.141. The van der Waals surface area contributed by atoms with Crippen molar-refractivity contribution in [3.8, 4) is 0 Å². The quantitative estimate of drug-likeness (QED) is 0.908. The number of hydrogen-bond donors (Lipinski definition) is 1. The molecule has 3 heterocycles. The van der Waals surface area contributed by atoms with Gasteiger partial charge in [0, 0.05) is 24.5 Å². The molecule has 1 saturated heterocycles. The van der Waals surface area contributed by atoms with E-state index in [0.29, 0.717) is 6.04 Å². The van der Waals surface area contributed by atoms with E-state index < -0.39 is 11.9 Å². The van der Waals surface area contributed by atoms with Gasteiger partial charge in [0.25, 0.3) is 0 Å². The van der Waals surface area contributed by atoms with E-state index in [4.69, 9.17) is 0 Å². The van der Waals surface area contributed by atoms with Crippen LogP contribution in [0.2, 0.25) is 0 Å². The van der Waals surface area contributed by atoms with Gasteiger partial charge in [-0.3, -0.25) is 0 Å². The molecule has 1 unspecified atom stereocenters. The Morgan fingerprint density at radius 2 is 2.26 bits per heavy atom. The number of halogens is 3. The van der Waals surface area contributed by atoms with Gasteiger partial charge in [-0.1, -0.05) is 0 Å². The van der Waals surface area contributed by atoms with Crippen LogP contribution in [0.4, 0.5) is 13.2 Å². The minimum atomic E-state index is -4.43. The van der Waals surface area contributed by atoms with Crippen LogP contribution in [0.5, 0.6) is 0 Å². The maximum absolute atomic E-state index is 12.5. The minimum Gasteiger partial charge on any atom is -0.314 e. The molecule has 3 rings (SSSR count). The summed E-state index contributed by atoms with van der Waals surface area (Å²) in [6.45, 7) is 1.00. The lowest BCUT2D eigenvalue weighted by Crippen LogP contribution is -2.23. The van der Waals surface area contributed by atoms with Gasteiger partial charge < -0.3 is 5.32 Å². The lowest BCUT2D eigenvalue weighted by Gasteiger charge is -2.09. The molecule has 0 bridgehead atoms. The average Bonchev–Trinajstić information content (AvgIpc) is 2.95. The monoisotopic (exact) mass is 270 g/mol. The van der Waals surface area contributed by atoms with E-state index in [2.05, 4.69) is 15.4 Å². The zero-order chi connectivity index (χ0) is 13.5. The highest BCUT2D eigenvalue weighted by Gasteiger charge is 2.34. The summed E-state index contributed by atoms with van der Waals surface area (Å²) in [5, 5.41) is 6.87. The number of hydrogen-bond acceptors (Lipinski definition) is 3.